The predicted molar refractivity (Wildman–Crippen MR) is 82.5 cm³/mol. The second kappa shape index (κ2) is 7.81. The number of carbonyl (C=O) groups is 1. The van der Waals surface area contributed by atoms with Crippen LogP contribution in [0.2, 0.25) is 0 Å². The summed E-state index contributed by atoms with van der Waals surface area (Å²) in [6.07, 6.45) is 0. The second-order valence-electron chi connectivity index (χ2n) is 4.32. The summed E-state index contributed by atoms with van der Waals surface area (Å²) in [6, 6.07) is 6.05. The maximum atomic E-state index is 11.2. The van der Waals surface area contributed by atoms with Crippen LogP contribution >= 0.6 is 12.2 Å². The van der Waals surface area contributed by atoms with Crippen molar-refractivity contribution in [1.82, 2.24) is 5.06 Å². The average molecular weight is 296 g/mol. The summed E-state index contributed by atoms with van der Waals surface area (Å²) < 4.78 is 4.77. The van der Waals surface area contributed by atoms with E-state index in [9.17, 15) is 4.79 Å². The third-order valence-electron chi connectivity index (χ3n) is 2.60. The van der Waals surface area contributed by atoms with Crippen LogP contribution in [0.4, 0.5) is 5.69 Å². The van der Waals surface area contributed by atoms with Gasteiger partial charge in [-0.05, 0) is 50.2 Å². The SMILES string of the molecule is CCOC(=O)CON(C)C(=S)Nc1cc(C)ccc1C. The Balaban J connectivity index is 2.53. The summed E-state index contributed by atoms with van der Waals surface area (Å²) >= 11 is 5.22. The number of esters is 1. The van der Waals surface area contributed by atoms with Crippen LogP contribution in [-0.2, 0) is 14.4 Å². The molecule has 0 bridgehead atoms. The van der Waals surface area contributed by atoms with Gasteiger partial charge >= 0.3 is 5.97 Å². The number of ether oxygens (including phenoxy) is 1. The molecule has 0 atom stereocenters. The van der Waals surface area contributed by atoms with Gasteiger partial charge in [0, 0.05) is 12.7 Å². The van der Waals surface area contributed by atoms with Gasteiger partial charge in [-0.3, -0.25) is 4.84 Å². The predicted octanol–water partition coefficient (Wildman–Crippen LogP) is 2.43. The number of nitrogens with one attached hydrogen (secondary N) is 1. The molecule has 1 aromatic carbocycles. The van der Waals surface area contributed by atoms with Crippen LogP contribution in [0, 0.1) is 13.8 Å². The van der Waals surface area contributed by atoms with Crippen molar-refractivity contribution in [3.63, 3.8) is 0 Å². The zero-order valence-corrected chi connectivity index (χ0v) is 13.0. The van der Waals surface area contributed by atoms with Gasteiger partial charge in [0.1, 0.15) is 0 Å². The highest BCUT2D eigenvalue weighted by molar-refractivity contribution is 7.80. The van der Waals surface area contributed by atoms with E-state index in [1.165, 1.54) is 5.06 Å². The Morgan fingerprint density at radius 3 is 2.75 bits per heavy atom. The van der Waals surface area contributed by atoms with E-state index in [1.807, 2.05) is 32.0 Å². The van der Waals surface area contributed by atoms with E-state index in [-0.39, 0.29) is 6.61 Å². The van der Waals surface area contributed by atoms with Crippen molar-refractivity contribution in [2.75, 3.05) is 25.6 Å². The van der Waals surface area contributed by atoms with Crippen LogP contribution in [0.1, 0.15) is 18.1 Å². The van der Waals surface area contributed by atoms with Gasteiger partial charge in [-0.25, -0.2) is 9.86 Å². The Bertz CT molecular complexity index is 491. The average Bonchev–Trinajstić information content (AvgIpc) is 2.40. The van der Waals surface area contributed by atoms with Crippen molar-refractivity contribution in [2.45, 2.75) is 20.8 Å². The molecule has 0 aliphatic heterocycles. The first kappa shape index (κ1) is 16.4. The normalized spacial score (nSPS) is 10.0. The zero-order valence-electron chi connectivity index (χ0n) is 12.2. The quantitative estimate of drug-likeness (QED) is 0.511. The van der Waals surface area contributed by atoms with Gasteiger partial charge < -0.3 is 10.1 Å². The molecule has 0 amide bonds. The molecular weight excluding hydrogens is 276 g/mol. The van der Waals surface area contributed by atoms with E-state index in [4.69, 9.17) is 21.8 Å². The Morgan fingerprint density at radius 2 is 2.10 bits per heavy atom. The summed E-state index contributed by atoms with van der Waals surface area (Å²) in [5, 5.41) is 4.81. The van der Waals surface area contributed by atoms with E-state index in [0.717, 1.165) is 16.8 Å². The number of thiocarbonyl (C=S) groups is 1. The Morgan fingerprint density at radius 1 is 1.40 bits per heavy atom. The van der Waals surface area contributed by atoms with Crippen molar-refractivity contribution in [1.29, 1.82) is 0 Å². The molecule has 0 saturated carbocycles. The molecule has 0 heterocycles. The fraction of sp³-hybridized carbons (Fsp3) is 0.429. The number of benzene rings is 1. The number of hydrogen-bond acceptors (Lipinski definition) is 4. The maximum absolute atomic E-state index is 11.2. The van der Waals surface area contributed by atoms with Crippen LogP contribution in [-0.4, -0.2) is 36.4 Å². The summed E-state index contributed by atoms with van der Waals surface area (Å²) in [5.74, 6) is -0.422. The first-order valence-electron chi connectivity index (χ1n) is 6.34. The molecule has 0 saturated heterocycles. The first-order chi connectivity index (χ1) is 9.43. The van der Waals surface area contributed by atoms with Crippen molar-refractivity contribution in [2.24, 2.45) is 0 Å². The minimum Gasteiger partial charge on any atom is -0.464 e. The molecule has 0 aliphatic carbocycles. The molecule has 1 rings (SSSR count). The van der Waals surface area contributed by atoms with Crippen molar-refractivity contribution in [3.05, 3.63) is 29.3 Å². The molecule has 5 nitrogen and oxygen atoms in total. The summed E-state index contributed by atoms with van der Waals surface area (Å²) in [4.78, 5) is 16.4. The van der Waals surface area contributed by atoms with Gasteiger partial charge in [0.15, 0.2) is 11.7 Å². The fourth-order valence-corrected chi connectivity index (χ4v) is 1.64. The van der Waals surface area contributed by atoms with Gasteiger partial charge in [-0.2, -0.15) is 0 Å². The van der Waals surface area contributed by atoms with Crippen molar-refractivity contribution < 1.29 is 14.4 Å². The van der Waals surface area contributed by atoms with E-state index >= 15 is 0 Å². The summed E-state index contributed by atoms with van der Waals surface area (Å²) in [7, 11) is 1.64. The number of hydroxylamine groups is 2. The lowest BCUT2D eigenvalue weighted by Gasteiger charge is -2.20. The monoisotopic (exact) mass is 296 g/mol. The number of nitrogens with zero attached hydrogens (tertiary/aromatic N) is 1. The number of aryl methyl sites for hydroxylation is 2. The van der Waals surface area contributed by atoms with E-state index in [2.05, 4.69) is 5.32 Å². The number of carbonyl (C=O) groups excluding carboxylic acids is 1. The number of anilines is 1. The molecule has 0 aliphatic rings. The van der Waals surface area contributed by atoms with Crippen LogP contribution in [0.15, 0.2) is 18.2 Å². The summed E-state index contributed by atoms with van der Waals surface area (Å²) in [6.45, 7) is 5.91. The minimum atomic E-state index is -0.422. The van der Waals surface area contributed by atoms with Crippen molar-refractivity contribution >= 4 is 29.0 Å². The maximum Gasteiger partial charge on any atom is 0.334 e. The van der Waals surface area contributed by atoms with Gasteiger partial charge in [-0.15, -0.1) is 0 Å². The van der Waals surface area contributed by atoms with Gasteiger partial charge in [-0.1, -0.05) is 12.1 Å². The van der Waals surface area contributed by atoms with Crippen LogP contribution < -0.4 is 5.32 Å². The molecule has 1 aromatic rings. The van der Waals surface area contributed by atoms with Gasteiger partial charge in [0.2, 0.25) is 0 Å². The fourth-order valence-electron chi connectivity index (χ4n) is 1.48. The number of rotatable bonds is 5. The van der Waals surface area contributed by atoms with Crippen LogP contribution in [0.25, 0.3) is 0 Å². The largest absolute Gasteiger partial charge is 0.464 e. The third kappa shape index (κ3) is 5.14. The van der Waals surface area contributed by atoms with Crippen LogP contribution in [0.3, 0.4) is 0 Å². The van der Waals surface area contributed by atoms with E-state index < -0.39 is 5.97 Å². The highest BCUT2D eigenvalue weighted by atomic mass is 32.1. The second-order valence-corrected chi connectivity index (χ2v) is 4.71. The van der Waals surface area contributed by atoms with Crippen LogP contribution in [0.5, 0.6) is 0 Å². The minimum absolute atomic E-state index is 0.168. The molecule has 0 unspecified atom stereocenters. The Labute approximate surface area is 124 Å². The molecule has 20 heavy (non-hydrogen) atoms. The molecule has 0 radical (unpaired) electrons. The Hall–Kier alpha value is -1.66. The molecule has 0 aromatic heterocycles. The first-order valence-corrected chi connectivity index (χ1v) is 6.75. The van der Waals surface area contributed by atoms with E-state index in [1.54, 1.807) is 14.0 Å². The lowest BCUT2D eigenvalue weighted by molar-refractivity contribution is -0.161. The lowest BCUT2D eigenvalue weighted by atomic mass is 10.1. The molecule has 6 heteroatoms. The van der Waals surface area contributed by atoms with Gasteiger partial charge in [0.05, 0.1) is 6.61 Å². The molecule has 0 fully saturated rings. The molecule has 110 valence electrons. The molecule has 1 N–H and O–H groups in total. The van der Waals surface area contributed by atoms with E-state index in [0.29, 0.717) is 11.7 Å². The zero-order chi connectivity index (χ0) is 15.1. The highest BCUT2D eigenvalue weighted by Gasteiger charge is 2.10. The molecular formula is C14H20N2O3S. The van der Waals surface area contributed by atoms with Gasteiger partial charge in [0.25, 0.3) is 0 Å². The lowest BCUT2D eigenvalue weighted by Crippen LogP contribution is -2.33. The van der Waals surface area contributed by atoms with Crippen molar-refractivity contribution in [3.8, 4) is 0 Å². The summed E-state index contributed by atoms with van der Waals surface area (Å²) in [5.41, 5.74) is 3.13. The standard InChI is InChI=1S/C14H20N2O3S/c1-5-18-13(17)9-19-16(4)14(20)15-12-8-10(2)6-7-11(12)3/h6-8H,5,9H2,1-4H3,(H,15,20). The smallest absolute Gasteiger partial charge is 0.334 e. The topological polar surface area (TPSA) is 50.8 Å². The highest BCUT2D eigenvalue weighted by Crippen LogP contribution is 2.16. The number of hydrogen-bond donors (Lipinski definition) is 1. The third-order valence-corrected chi connectivity index (χ3v) is 2.96. The molecule has 0 spiro atoms. The Kier molecular flexibility index (Phi) is 6.41.